The Hall–Kier alpha value is -1.55. The summed E-state index contributed by atoms with van der Waals surface area (Å²) in [6, 6.07) is 8.03. The lowest BCUT2D eigenvalue weighted by atomic mass is 9.96. The fourth-order valence-electron chi connectivity index (χ4n) is 2.93. The fraction of sp³-hybridized carbons (Fsp3) is 0.611. The van der Waals surface area contributed by atoms with Crippen molar-refractivity contribution in [2.24, 2.45) is 11.7 Å². The third-order valence-electron chi connectivity index (χ3n) is 4.43. The van der Waals surface area contributed by atoms with Crippen LogP contribution in [0.25, 0.3) is 0 Å². The van der Waals surface area contributed by atoms with Crippen molar-refractivity contribution in [1.29, 1.82) is 0 Å². The zero-order chi connectivity index (χ0) is 15.8. The van der Waals surface area contributed by atoms with E-state index in [1.165, 1.54) is 32.4 Å². The summed E-state index contributed by atoms with van der Waals surface area (Å²) < 4.78 is 5.81. The molecular formula is C18H28N2O2. The van der Waals surface area contributed by atoms with Crippen LogP contribution in [0.5, 0.6) is 5.75 Å². The Morgan fingerprint density at radius 2 is 1.91 bits per heavy atom. The molecule has 0 aromatic heterocycles. The lowest BCUT2D eigenvalue weighted by Gasteiger charge is -2.26. The molecule has 1 saturated heterocycles. The van der Waals surface area contributed by atoms with E-state index >= 15 is 0 Å². The molecule has 4 heteroatoms. The van der Waals surface area contributed by atoms with Crippen LogP contribution in [0.2, 0.25) is 0 Å². The minimum absolute atomic E-state index is 0.0779. The number of benzene rings is 1. The Labute approximate surface area is 133 Å². The summed E-state index contributed by atoms with van der Waals surface area (Å²) in [6.07, 6.45) is 5.48. The Bertz CT molecular complexity index is 453. The molecule has 0 radical (unpaired) electrons. The minimum atomic E-state index is -0.218. The molecule has 1 aromatic carbocycles. The average molecular weight is 304 g/mol. The zero-order valence-corrected chi connectivity index (χ0v) is 13.6. The summed E-state index contributed by atoms with van der Waals surface area (Å²) in [5.74, 6) is 0.600. The van der Waals surface area contributed by atoms with Crippen LogP contribution in [0.15, 0.2) is 24.3 Å². The average Bonchev–Trinajstić information content (AvgIpc) is 2.54. The number of carbonyl (C=O) groups excluding carboxylic acids is 1. The van der Waals surface area contributed by atoms with Crippen molar-refractivity contribution < 1.29 is 9.53 Å². The van der Waals surface area contributed by atoms with Gasteiger partial charge in [0.15, 0.2) is 0 Å². The molecule has 0 spiro atoms. The molecule has 1 aliphatic heterocycles. The number of carbonyl (C=O) groups is 1. The molecule has 122 valence electrons. The summed E-state index contributed by atoms with van der Waals surface area (Å²) in [5.41, 5.74) is 6.53. The second kappa shape index (κ2) is 8.79. The normalized spacial score (nSPS) is 17.1. The van der Waals surface area contributed by atoms with Crippen molar-refractivity contribution in [2.75, 3.05) is 26.2 Å². The zero-order valence-electron chi connectivity index (χ0n) is 13.6. The molecule has 22 heavy (non-hydrogen) atoms. The molecule has 1 fully saturated rings. The van der Waals surface area contributed by atoms with Gasteiger partial charge in [-0.1, -0.05) is 25.5 Å². The summed E-state index contributed by atoms with van der Waals surface area (Å²) in [5, 5.41) is 0. The second-order valence-corrected chi connectivity index (χ2v) is 6.11. The number of hydrogen-bond donors (Lipinski definition) is 1. The smallest absolute Gasteiger partial charge is 0.220 e. The molecule has 1 aliphatic rings. The van der Waals surface area contributed by atoms with Gasteiger partial charge in [0.2, 0.25) is 5.91 Å². The number of rotatable bonds is 8. The quantitative estimate of drug-likeness (QED) is 0.803. The standard InChI is InChI=1S/C18H28N2O2/c1-2-16(18(19)21)14-15-6-8-17(9-7-15)22-13-12-20-10-4-3-5-11-20/h6-9,16H,2-5,10-14H2,1H3,(H2,19,21). The highest BCUT2D eigenvalue weighted by molar-refractivity contribution is 5.76. The van der Waals surface area contributed by atoms with Gasteiger partial charge in [0.05, 0.1) is 0 Å². The number of ether oxygens (including phenoxy) is 1. The summed E-state index contributed by atoms with van der Waals surface area (Å²) in [6.45, 7) is 6.13. The third-order valence-corrected chi connectivity index (χ3v) is 4.43. The molecule has 1 aromatic rings. The third kappa shape index (κ3) is 5.34. The van der Waals surface area contributed by atoms with Gasteiger partial charge < -0.3 is 10.5 Å². The van der Waals surface area contributed by atoms with Gasteiger partial charge in [0.1, 0.15) is 12.4 Å². The number of piperidine rings is 1. The maximum Gasteiger partial charge on any atom is 0.220 e. The van der Waals surface area contributed by atoms with Crippen LogP contribution < -0.4 is 10.5 Å². The Balaban J connectivity index is 1.75. The van der Waals surface area contributed by atoms with Gasteiger partial charge in [-0.25, -0.2) is 0 Å². The van der Waals surface area contributed by atoms with Crippen LogP contribution in [0.1, 0.15) is 38.2 Å². The van der Waals surface area contributed by atoms with Crippen LogP contribution >= 0.6 is 0 Å². The summed E-state index contributed by atoms with van der Waals surface area (Å²) >= 11 is 0. The van der Waals surface area contributed by atoms with Gasteiger partial charge in [-0.3, -0.25) is 9.69 Å². The number of likely N-dealkylation sites (tertiary alicyclic amines) is 1. The van der Waals surface area contributed by atoms with Crippen LogP contribution in [0.4, 0.5) is 0 Å². The van der Waals surface area contributed by atoms with Crippen LogP contribution in [0.3, 0.4) is 0 Å². The lowest BCUT2D eigenvalue weighted by molar-refractivity contribution is -0.121. The Morgan fingerprint density at radius 3 is 2.50 bits per heavy atom. The van der Waals surface area contributed by atoms with Crippen molar-refractivity contribution in [3.8, 4) is 5.75 Å². The van der Waals surface area contributed by atoms with E-state index in [1.54, 1.807) is 0 Å². The van der Waals surface area contributed by atoms with E-state index in [-0.39, 0.29) is 11.8 Å². The lowest BCUT2D eigenvalue weighted by Crippen LogP contribution is -2.33. The largest absolute Gasteiger partial charge is 0.492 e. The highest BCUT2D eigenvalue weighted by atomic mass is 16.5. The highest BCUT2D eigenvalue weighted by Gasteiger charge is 2.13. The van der Waals surface area contributed by atoms with Crippen molar-refractivity contribution in [1.82, 2.24) is 4.90 Å². The molecule has 1 heterocycles. The van der Waals surface area contributed by atoms with E-state index < -0.39 is 0 Å². The van der Waals surface area contributed by atoms with Gasteiger partial charge in [-0.15, -0.1) is 0 Å². The van der Waals surface area contributed by atoms with E-state index in [0.29, 0.717) is 6.42 Å². The maximum atomic E-state index is 11.3. The molecule has 1 atom stereocenters. The number of primary amides is 1. The minimum Gasteiger partial charge on any atom is -0.492 e. The Kier molecular flexibility index (Phi) is 6.72. The van der Waals surface area contributed by atoms with Crippen LogP contribution in [-0.4, -0.2) is 37.0 Å². The van der Waals surface area contributed by atoms with E-state index in [1.807, 2.05) is 31.2 Å². The van der Waals surface area contributed by atoms with Crippen LogP contribution in [-0.2, 0) is 11.2 Å². The predicted octanol–water partition coefficient (Wildman–Crippen LogP) is 2.61. The molecular weight excluding hydrogens is 276 g/mol. The van der Waals surface area contributed by atoms with Gasteiger partial charge in [0, 0.05) is 12.5 Å². The number of amides is 1. The van der Waals surface area contributed by atoms with Gasteiger partial charge >= 0.3 is 0 Å². The molecule has 0 aliphatic carbocycles. The molecule has 0 bridgehead atoms. The highest BCUT2D eigenvalue weighted by Crippen LogP contribution is 2.17. The van der Waals surface area contributed by atoms with Gasteiger partial charge in [0.25, 0.3) is 0 Å². The monoisotopic (exact) mass is 304 g/mol. The maximum absolute atomic E-state index is 11.3. The first-order valence-corrected chi connectivity index (χ1v) is 8.42. The van der Waals surface area contributed by atoms with E-state index in [9.17, 15) is 4.79 Å². The second-order valence-electron chi connectivity index (χ2n) is 6.11. The predicted molar refractivity (Wildman–Crippen MR) is 88.9 cm³/mol. The first-order chi connectivity index (χ1) is 10.7. The molecule has 1 unspecified atom stereocenters. The fourth-order valence-corrected chi connectivity index (χ4v) is 2.93. The topological polar surface area (TPSA) is 55.6 Å². The molecule has 4 nitrogen and oxygen atoms in total. The molecule has 2 N–H and O–H groups in total. The van der Waals surface area contributed by atoms with Gasteiger partial charge in [-0.2, -0.15) is 0 Å². The van der Waals surface area contributed by atoms with Crippen molar-refractivity contribution >= 4 is 5.91 Å². The molecule has 1 amide bonds. The summed E-state index contributed by atoms with van der Waals surface area (Å²) in [4.78, 5) is 13.8. The number of nitrogens with zero attached hydrogens (tertiary/aromatic N) is 1. The molecule has 0 saturated carbocycles. The number of hydrogen-bond acceptors (Lipinski definition) is 3. The SMILES string of the molecule is CCC(Cc1ccc(OCCN2CCCCC2)cc1)C(N)=O. The first-order valence-electron chi connectivity index (χ1n) is 8.42. The van der Waals surface area contributed by atoms with Crippen molar-refractivity contribution in [2.45, 2.75) is 39.0 Å². The van der Waals surface area contributed by atoms with E-state index in [2.05, 4.69) is 4.90 Å². The molecule has 2 rings (SSSR count). The van der Waals surface area contributed by atoms with Gasteiger partial charge in [-0.05, 0) is 56.5 Å². The van der Waals surface area contributed by atoms with E-state index in [0.717, 1.165) is 30.9 Å². The Morgan fingerprint density at radius 1 is 1.23 bits per heavy atom. The van der Waals surface area contributed by atoms with Crippen molar-refractivity contribution in [3.63, 3.8) is 0 Å². The van der Waals surface area contributed by atoms with E-state index in [4.69, 9.17) is 10.5 Å². The first kappa shape index (κ1) is 16.8. The van der Waals surface area contributed by atoms with Crippen LogP contribution in [0, 0.1) is 5.92 Å². The number of nitrogens with two attached hydrogens (primary N) is 1. The van der Waals surface area contributed by atoms with Crippen molar-refractivity contribution in [3.05, 3.63) is 29.8 Å². The summed E-state index contributed by atoms with van der Waals surface area (Å²) in [7, 11) is 0.